The first-order chi connectivity index (χ1) is 8.83. The fourth-order valence-electron chi connectivity index (χ4n) is 4.14. The van der Waals surface area contributed by atoms with Gasteiger partial charge in [-0.25, -0.2) is 0 Å². The van der Waals surface area contributed by atoms with Gasteiger partial charge in [0.1, 0.15) is 0 Å². The molecule has 0 amide bonds. The van der Waals surface area contributed by atoms with Crippen LogP contribution in [0.2, 0.25) is 0 Å². The Morgan fingerprint density at radius 1 is 1.28 bits per heavy atom. The van der Waals surface area contributed by atoms with Gasteiger partial charge in [0, 0.05) is 6.04 Å². The Morgan fingerprint density at radius 2 is 2.22 bits per heavy atom. The first-order valence-electron chi connectivity index (χ1n) is 7.92. The molecule has 1 fully saturated rings. The van der Waals surface area contributed by atoms with Crippen LogP contribution in [0.15, 0.2) is 23.8 Å². The summed E-state index contributed by atoms with van der Waals surface area (Å²) in [7, 11) is 0. The predicted molar refractivity (Wildman–Crippen MR) is 77.5 cm³/mol. The van der Waals surface area contributed by atoms with Gasteiger partial charge in [-0.05, 0) is 76.2 Å². The van der Waals surface area contributed by atoms with Crippen molar-refractivity contribution in [3.05, 3.63) is 23.8 Å². The van der Waals surface area contributed by atoms with Gasteiger partial charge in [0.2, 0.25) is 0 Å². The molecule has 3 rings (SSSR count). The van der Waals surface area contributed by atoms with Gasteiger partial charge in [-0.3, -0.25) is 0 Å². The van der Waals surface area contributed by atoms with E-state index in [1.165, 1.54) is 51.5 Å². The molecular weight excluding hydrogens is 218 g/mol. The van der Waals surface area contributed by atoms with Crippen molar-refractivity contribution >= 4 is 0 Å². The van der Waals surface area contributed by atoms with Crippen LogP contribution >= 0.6 is 0 Å². The zero-order valence-electron chi connectivity index (χ0n) is 11.7. The van der Waals surface area contributed by atoms with Crippen molar-refractivity contribution in [3.63, 3.8) is 0 Å². The lowest BCUT2D eigenvalue weighted by atomic mass is 9.87. The van der Waals surface area contributed by atoms with Gasteiger partial charge in [0.05, 0.1) is 0 Å². The summed E-state index contributed by atoms with van der Waals surface area (Å²) >= 11 is 0. The number of allylic oxidation sites excluding steroid dienone is 3. The molecule has 1 N–H and O–H groups in total. The van der Waals surface area contributed by atoms with Crippen LogP contribution in [0, 0.1) is 17.8 Å². The average Bonchev–Trinajstić information content (AvgIpc) is 3.02. The summed E-state index contributed by atoms with van der Waals surface area (Å²) in [5.41, 5.74) is 1.70. The molecule has 0 spiro atoms. The molecule has 0 aliphatic heterocycles. The Balaban J connectivity index is 1.40. The second kappa shape index (κ2) is 5.61. The van der Waals surface area contributed by atoms with E-state index in [0.717, 1.165) is 17.8 Å². The summed E-state index contributed by atoms with van der Waals surface area (Å²) in [5, 5.41) is 3.78. The number of fused-ring (bicyclic) bond motifs is 2. The van der Waals surface area contributed by atoms with E-state index in [4.69, 9.17) is 0 Å². The fraction of sp³-hybridized carbons (Fsp3) is 0.765. The van der Waals surface area contributed by atoms with Gasteiger partial charge in [-0.1, -0.05) is 23.8 Å². The summed E-state index contributed by atoms with van der Waals surface area (Å²) in [6.45, 7) is 3.58. The molecule has 1 saturated carbocycles. The molecular formula is C17H27N. The van der Waals surface area contributed by atoms with Crippen LogP contribution < -0.4 is 5.32 Å². The van der Waals surface area contributed by atoms with Crippen LogP contribution in [-0.2, 0) is 0 Å². The van der Waals surface area contributed by atoms with Gasteiger partial charge < -0.3 is 5.32 Å². The van der Waals surface area contributed by atoms with E-state index in [-0.39, 0.29) is 0 Å². The number of hydrogen-bond donors (Lipinski definition) is 1. The largest absolute Gasteiger partial charge is 0.314 e. The molecule has 0 aromatic rings. The van der Waals surface area contributed by atoms with E-state index in [0.29, 0.717) is 6.04 Å². The van der Waals surface area contributed by atoms with Crippen molar-refractivity contribution in [2.75, 3.05) is 6.54 Å². The molecule has 0 radical (unpaired) electrons. The number of nitrogens with one attached hydrogen (secondary N) is 1. The molecule has 1 heteroatoms. The Kier molecular flexibility index (Phi) is 3.88. The maximum atomic E-state index is 3.78. The van der Waals surface area contributed by atoms with E-state index in [2.05, 4.69) is 30.5 Å². The highest BCUT2D eigenvalue weighted by atomic mass is 14.9. The van der Waals surface area contributed by atoms with Crippen molar-refractivity contribution in [2.24, 2.45) is 17.8 Å². The van der Waals surface area contributed by atoms with E-state index in [1.54, 1.807) is 5.57 Å². The molecule has 3 aliphatic rings. The third kappa shape index (κ3) is 2.71. The quantitative estimate of drug-likeness (QED) is 0.720. The summed E-state index contributed by atoms with van der Waals surface area (Å²) in [6, 6.07) is 0.703. The van der Waals surface area contributed by atoms with Crippen LogP contribution in [0.4, 0.5) is 0 Å². The minimum Gasteiger partial charge on any atom is -0.314 e. The first-order valence-corrected chi connectivity index (χ1v) is 7.92. The predicted octanol–water partition coefficient (Wildman–Crippen LogP) is 4.07. The standard InChI is InChI=1S/C17H27N/c1-13(17-12-15-7-8-16(17)11-15)18-10-9-14-5-3-2-4-6-14/h5,7-8,13,15-18H,2-4,6,9-12H2,1H3. The van der Waals surface area contributed by atoms with Crippen molar-refractivity contribution < 1.29 is 0 Å². The molecule has 0 saturated heterocycles. The maximum Gasteiger partial charge on any atom is 0.00729 e. The van der Waals surface area contributed by atoms with Crippen LogP contribution in [0.25, 0.3) is 0 Å². The molecule has 100 valence electrons. The lowest BCUT2D eigenvalue weighted by Gasteiger charge is -2.26. The highest BCUT2D eigenvalue weighted by molar-refractivity contribution is 5.12. The van der Waals surface area contributed by atoms with E-state index in [1.807, 2.05) is 0 Å². The SMILES string of the molecule is CC(NCCC1=CCCCC1)C1CC2C=CC1C2. The minimum absolute atomic E-state index is 0.703. The Hall–Kier alpha value is -0.560. The molecule has 3 aliphatic carbocycles. The second-order valence-corrected chi connectivity index (χ2v) is 6.55. The first kappa shape index (κ1) is 12.5. The topological polar surface area (TPSA) is 12.0 Å². The van der Waals surface area contributed by atoms with Crippen molar-refractivity contribution in [1.82, 2.24) is 5.32 Å². The maximum absolute atomic E-state index is 3.78. The molecule has 18 heavy (non-hydrogen) atoms. The zero-order chi connectivity index (χ0) is 12.4. The minimum atomic E-state index is 0.703. The second-order valence-electron chi connectivity index (χ2n) is 6.55. The van der Waals surface area contributed by atoms with Crippen LogP contribution in [0.1, 0.15) is 51.9 Å². The molecule has 1 nitrogen and oxygen atoms in total. The number of rotatable bonds is 5. The average molecular weight is 245 g/mol. The summed E-state index contributed by atoms with van der Waals surface area (Å²) < 4.78 is 0. The molecule has 4 unspecified atom stereocenters. The molecule has 0 aromatic heterocycles. The van der Waals surface area contributed by atoms with E-state index >= 15 is 0 Å². The monoisotopic (exact) mass is 245 g/mol. The van der Waals surface area contributed by atoms with Crippen molar-refractivity contribution in [1.29, 1.82) is 0 Å². The normalized spacial score (nSPS) is 35.8. The Labute approximate surface area is 112 Å². The summed E-state index contributed by atoms with van der Waals surface area (Å²) in [5.74, 6) is 2.69. The fourth-order valence-corrected chi connectivity index (χ4v) is 4.14. The van der Waals surface area contributed by atoms with E-state index in [9.17, 15) is 0 Å². The zero-order valence-corrected chi connectivity index (χ0v) is 11.7. The highest BCUT2D eigenvalue weighted by Gasteiger charge is 2.38. The van der Waals surface area contributed by atoms with Crippen molar-refractivity contribution in [3.8, 4) is 0 Å². The van der Waals surface area contributed by atoms with Gasteiger partial charge in [0.15, 0.2) is 0 Å². The Morgan fingerprint density at radius 3 is 2.89 bits per heavy atom. The smallest absolute Gasteiger partial charge is 0.00729 e. The van der Waals surface area contributed by atoms with Gasteiger partial charge in [-0.15, -0.1) is 0 Å². The summed E-state index contributed by atoms with van der Waals surface area (Å²) in [4.78, 5) is 0. The van der Waals surface area contributed by atoms with Crippen LogP contribution in [0.5, 0.6) is 0 Å². The van der Waals surface area contributed by atoms with Crippen LogP contribution in [0.3, 0.4) is 0 Å². The highest BCUT2D eigenvalue weighted by Crippen LogP contribution is 2.44. The van der Waals surface area contributed by atoms with E-state index < -0.39 is 0 Å². The Bertz CT molecular complexity index is 342. The summed E-state index contributed by atoms with van der Waals surface area (Å²) in [6.07, 6.45) is 17.0. The lowest BCUT2D eigenvalue weighted by molar-refractivity contribution is 0.329. The van der Waals surface area contributed by atoms with Gasteiger partial charge in [-0.2, -0.15) is 0 Å². The van der Waals surface area contributed by atoms with Gasteiger partial charge >= 0.3 is 0 Å². The molecule has 0 heterocycles. The lowest BCUT2D eigenvalue weighted by Crippen LogP contribution is -2.36. The molecule has 2 bridgehead atoms. The molecule has 0 aromatic carbocycles. The van der Waals surface area contributed by atoms with Gasteiger partial charge in [0.25, 0.3) is 0 Å². The van der Waals surface area contributed by atoms with Crippen molar-refractivity contribution in [2.45, 2.75) is 57.9 Å². The van der Waals surface area contributed by atoms with Crippen LogP contribution in [-0.4, -0.2) is 12.6 Å². The third-order valence-electron chi connectivity index (χ3n) is 5.27. The molecule has 4 atom stereocenters. The number of hydrogen-bond acceptors (Lipinski definition) is 1. The third-order valence-corrected chi connectivity index (χ3v) is 5.27.